The lowest BCUT2D eigenvalue weighted by Gasteiger charge is -2.21. The molecule has 0 bridgehead atoms. The number of hydrogen-bond donors (Lipinski definition) is 0. The Bertz CT molecular complexity index is 1260. The van der Waals surface area contributed by atoms with Gasteiger partial charge in [0.1, 0.15) is 11.6 Å². The second-order valence-corrected chi connectivity index (χ2v) is 8.58. The highest BCUT2D eigenvalue weighted by molar-refractivity contribution is 7.14. The summed E-state index contributed by atoms with van der Waals surface area (Å²) in [6.45, 7) is 2.06. The first-order valence-electron chi connectivity index (χ1n) is 10.4. The summed E-state index contributed by atoms with van der Waals surface area (Å²) in [5, 5.41) is 9.52. The van der Waals surface area contributed by atoms with Crippen LogP contribution in [0.2, 0.25) is 0 Å². The van der Waals surface area contributed by atoms with Gasteiger partial charge < -0.3 is 4.74 Å². The predicted octanol–water partition coefficient (Wildman–Crippen LogP) is 6.62. The summed E-state index contributed by atoms with van der Waals surface area (Å²) in [7, 11) is 1.65. The van der Waals surface area contributed by atoms with Crippen LogP contribution in [-0.2, 0) is 0 Å². The van der Waals surface area contributed by atoms with Gasteiger partial charge in [-0.2, -0.15) is 5.10 Å². The first-order chi connectivity index (χ1) is 15.6. The number of methoxy groups -OCH3 is 1. The summed E-state index contributed by atoms with van der Waals surface area (Å²) in [4.78, 5) is 4.84. The fourth-order valence-electron chi connectivity index (χ4n) is 3.86. The zero-order chi connectivity index (χ0) is 22.1. The smallest absolute Gasteiger partial charge is 0.207 e. The summed E-state index contributed by atoms with van der Waals surface area (Å²) in [6, 6.07) is 22.8. The van der Waals surface area contributed by atoms with Gasteiger partial charge in [-0.25, -0.2) is 14.4 Å². The lowest BCUT2D eigenvalue weighted by Crippen LogP contribution is -2.19. The number of benzene rings is 3. The average Bonchev–Trinajstić information content (AvgIpc) is 3.48. The van der Waals surface area contributed by atoms with Crippen LogP contribution < -0.4 is 9.75 Å². The largest absolute Gasteiger partial charge is 0.497 e. The van der Waals surface area contributed by atoms with Crippen LogP contribution in [0, 0.1) is 12.7 Å². The van der Waals surface area contributed by atoms with E-state index in [2.05, 4.69) is 31.2 Å². The number of aromatic nitrogens is 1. The van der Waals surface area contributed by atoms with Gasteiger partial charge in [-0.3, -0.25) is 0 Å². The van der Waals surface area contributed by atoms with Crippen LogP contribution in [0.3, 0.4) is 0 Å². The van der Waals surface area contributed by atoms with E-state index < -0.39 is 0 Å². The molecule has 6 heteroatoms. The SMILES string of the molecule is COc1ccc(-c2csc(N3N=C(c4ccc(C)cc4)CC3c3ccccc3F)n2)cc1. The van der Waals surface area contributed by atoms with Crippen LogP contribution in [0.15, 0.2) is 83.3 Å². The molecule has 0 aliphatic carbocycles. The van der Waals surface area contributed by atoms with Crippen molar-refractivity contribution < 1.29 is 9.13 Å². The summed E-state index contributed by atoms with van der Waals surface area (Å²) in [5.41, 5.74) is 5.65. The Balaban J connectivity index is 1.53. The van der Waals surface area contributed by atoms with Crippen LogP contribution in [0.1, 0.15) is 29.2 Å². The zero-order valence-electron chi connectivity index (χ0n) is 17.8. The molecule has 1 aliphatic heterocycles. The van der Waals surface area contributed by atoms with E-state index in [-0.39, 0.29) is 11.9 Å². The second-order valence-electron chi connectivity index (χ2n) is 7.74. The van der Waals surface area contributed by atoms with Gasteiger partial charge in [-0.05, 0) is 42.8 Å². The van der Waals surface area contributed by atoms with Gasteiger partial charge in [0.2, 0.25) is 5.13 Å². The number of anilines is 1. The van der Waals surface area contributed by atoms with E-state index >= 15 is 0 Å². The number of hydrogen-bond acceptors (Lipinski definition) is 5. The molecular formula is C26H22FN3OS. The molecule has 0 amide bonds. The highest BCUT2D eigenvalue weighted by Gasteiger charge is 2.33. The van der Waals surface area contributed by atoms with Crippen molar-refractivity contribution in [3.63, 3.8) is 0 Å². The molecule has 32 heavy (non-hydrogen) atoms. The molecule has 160 valence electrons. The molecule has 5 rings (SSSR count). The summed E-state index contributed by atoms with van der Waals surface area (Å²) < 4.78 is 20.0. The maximum atomic E-state index is 14.7. The molecule has 1 aromatic heterocycles. The minimum atomic E-state index is -0.248. The fraction of sp³-hybridized carbons (Fsp3) is 0.154. The molecule has 0 saturated carbocycles. The minimum Gasteiger partial charge on any atom is -0.497 e. The molecule has 0 saturated heterocycles. The van der Waals surface area contributed by atoms with Gasteiger partial charge in [0.25, 0.3) is 0 Å². The van der Waals surface area contributed by atoms with Crippen LogP contribution in [0.25, 0.3) is 11.3 Å². The van der Waals surface area contributed by atoms with Gasteiger partial charge in [0, 0.05) is 22.9 Å². The normalized spacial score (nSPS) is 15.7. The standard InChI is InChI=1S/C26H22FN3OS/c1-17-7-9-18(10-8-17)23-15-25(21-5-3-4-6-22(21)27)30(29-23)26-28-24(16-32-26)19-11-13-20(31-2)14-12-19/h3-14,16,25H,15H2,1-2H3. The summed E-state index contributed by atoms with van der Waals surface area (Å²) >= 11 is 1.51. The molecular weight excluding hydrogens is 421 g/mol. The van der Waals surface area contributed by atoms with Crippen LogP contribution in [0.4, 0.5) is 9.52 Å². The molecule has 0 spiro atoms. The Morgan fingerprint density at radius 3 is 2.41 bits per heavy atom. The van der Waals surface area contributed by atoms with Crippen molar-refractivity contribution >= 4 is 22.2 Å². The van der Waals surface area contributed by atoms with Crippen molar-refractivity contribution in [3.8, 4) is 17.0 Å². The molecule has 2 heterocycles. The minimum absolute atomic E-state index is 0.227. The van der Waals surface area contributed by atoms with Crippen molar-refractivity contribution in [2.75, 3.05) is 12.1 Å². The predicted molar refractivity (Wildman–Crippen MR) is 128 cm³/mol. The van der Waals surface area contributed by atoms with Crippen LogP contribution >= 0.6 is 11.3 Å². The van der Waals surface area contributed by atoms with Crippen molar-refractivity contribution in [1.82, 2.24) is 4.98 Å². The van der Waals surface area contributed by atoms with E-state index in [1.807, 2.05) is 46.8 Å². The highest BCUT2D eigenvalue weighted by atomic mass is 32.1. The number of thiazole rings is 1. The Labute approximate surface area is 190 Å². The lowest BCUT2D eigenvalue weighted by molar-refractivity contribution is 0.415. The first kappa shape index (κ1) is 20.4. The van der Waals surface area contributed by atoms with Crippen LogP contribution in [-0.4, -0.2) is 17.8 Å². The Hall–Kier alpha value is -3.51. The van der Waals surface area contributed by atoms with Gasteiger partial charge in [0.05, 0.1) is 24.6 Å². The quantitative estimate of drug-likeness (QED) is 0.348. The molecule has 0 radical (unpaired) electrons. The molecule has 1 atom stereocenters. The Morgan fingerprint density at radius 2 is 1.69 bits per heavy atom. The molecule has 1 unspecified atom stereocenters. The molecule has 3 aromatic carbocycles. The van der Waals surface area contributed by atoms with Gasteiger partial charge in [-0.15, -0.1) is 11.3 Å². The van der Waals surface area contributed by atoms with E-state index in [4.69, 9.17) is 14.8 Å². The first-order valence-corrected chi connectivity index (χ1v) is 11.3. The van der Waals surface area contributed by atoms with Gasteiger partial charge >= 0.3 is 0 Å². The van der Waals surface area contributed by atoms with Gasteiger partial charge in [-0.1, -0.05) is 48.0 Å². The maximum Gasteiger partial charge on any atom is 0.207 e. The number of rotatable bonds is 5. The molecule has 4 aromatic rings. The molecule has 0 fully saturated rings. The van der Waals surface area contributed by atoms with Crippen molar-refractivity contribution in [3.05, 3.63) is 101 Å². The third kappa shape index (κ3) is 3.89. The van der Waals surface area contributed by atoms with Crippen molar-refractivity contribution in [1.29, 1.82) is 0 Å². The average molecular weight is 444 g/mol. The van der Waals surface area contributed by atoms with E-state index in [0.717, 1.165) is 33.4 Å². The van der Waals surface area contributed by atoms with Gasteiger partial charge in [0.15, 0.2) is 0 Å². The highest BCUT2D eigenvalue weighted by Crippen LogP contribution is 2.40. The summed E-state index contributed by atoms with van der Waals surface area (Å²) in [5.74, 6) is 0.575. The van der Waals surface area contributed by atoms with Crippen molar-refractivity contribution in [2.24, 2.45) is 5.10 Å². The fourth-order valence-corrected chi connectivity index (χ4v) is 4.69. The van der Waals surface area contributed by atoms with E-state index in [9.17, 15) is 4.39 Å². The Morgan fingerprint density at radius 1 is 0.969 bits per heavy atom. The topological polar surface area (TPSA) is 37.7 Å². The zero-order valence-corrected chi connectivity index (χ0v) is 18.6. The molecule has 4 nitrogen and oxygen atoms in total. The van der Waals surface area contributed by atoms with Crippen molar-refractivity contribution in [2.45, 2.75) is 19.4 Å². The monoisotopic (exact) mass is 443 g/mol. The number of hydrazone groups is 1. The molecule has 1 aliphatic rings. The van der Waals surface area contributed by atoms with E-state index in [1.54, 1.807) is 13.2 Å². The number of nitrogens with zero attached hydrogens (tertiary/aromatic N) is 3. The number of ether oxygens (including phenoxy) is 1. The third-order valence-electron chi connectivity index (χ3n) is 5.63. The Kier molecular flexibility index (Phi) is 5.45. The van der Waals surface area contributed by atoms with E-state index in [0.29, 0.717) is 12.0 Å². The maximum absolute atomic E-state index is 14.7. The lowest BCUT2D eigenvalue weighted by atomic mass is 9.98. The van der Waals surface area contributed by atoms with Crippen LogP contribution in [0.5, 0.6) is 5.75 Å². The second kappa shape index (κ2) is 8.55. The van der Waals surface area contributed by atoms with E-state index in [1.165, 1.54) is 23.0 Å². The molecule has 0 N–H and O–H groups in total. The number of aryl methyl sites for hydroxylation is 1. The third-order valence-corrected chi connectivity index (χ3v) is 6.46. The summed E-state index contributed by atoms with van der Waals surface area (Å²) in [6.07, 6.45) is 0.613. The number of halogens is 1.